The number of ether oxygens (including phenoxy) is 2. The van der Waals surface area contributed by atoms with E-state index >= 15 is 0 Å². The van der Waals surface area contributed by atoms with Gasteiger partial charge in [-0.2, -0.15) is 0 Å². The molecule has 0 unspecified atom stereocenters. The van der Waals surface area contributed by atoms with Gasteiger partial charge in [0.2, 0.25) is 0 Å². The van der Waals surface area contributed by atoms with Crippen LogP contribution in [0, 0.1) is 0 Å². The molecular weight excluding hydrogens is 400 g/mol. The number of rotatable bonds is 18. The van der Waals surface area contributed by atoms with Crippen molar-refractivity contribution in [2.24, 2.45) is 0 Å². The Balaban J connectivity index is 1.99. The lowest BCUT2D eigenvalue weighted by Crippen LogP contribution is -2.43. The number of aliphatic hydroxyl groups excluding tert-OH is 4. The molecule has 1 fully saturated rings. The molecule has 182 valence electrons. The summed E-state index contributed by atoms with van der Waals surface area (Å²) in [5.74, 6) is -0.424. The van der Waals surface area contributed by atoms with Crippen molar-refractivity contribution in [3.8, 4) is 0 Å². The Labute approximate surface area is 187 Å². The van der Waals surface area contributed by atoms with Crippen LogP contribution >= 0.6 is 0 Å². The van der Waals surface area contributed by atoms with E-state index in [2.05, 4.69) is 19.1 Å². The van der Waals surface area contributed by atoms with Crippen LogP contribution < -0.4 is 0 Å². The van der Waals surface area contributed by atoms with Crippen molar-refractivity contribution >= 4 is 5.97 Å². The Bertz CT molecular complexity index is 483. The van der Waals surface area contributed by atoms with Gasteiger partial charge in [0.25, 0.3) is 0 Å². The summed E-state index contributed by atoms with van der Waals surface area (Å²) in [6.45, 7) is 1.70. The monoisotopic (exact) mass is 444 g/mol. The molecule has 5 atom stereocenters. The standard InChI is InChI=1S/C24H44O7/c1-2-3-4-11-14-19(26)15-12-9-7-5-6-8-10-13-16-22(28)31-21(17-25)24-23(29)20(27)18-30-24/h9,12,19-21,23-27,29H,2-8,10-11,13-18H2,1H3/b12-9-/t19-,20+,21-,23-,24-/m1/s1. The first kappa shape index (κ1) is 28.0. The van der Waals surface area contributed by atoms with Crippen molar-refractivity contribution in [2.45, 2.75) is 121 Å². The van der Waals surface area contributed by atoms with Crippen LogP contribution in [-0.4, -0.2) is 70.1 Å². The number of carbonyl (C=O) groups is 1. The molecule has 1 rings (SSSR count). The van der Waals surface area contributed by atoms with E-state index in [9.17, 15) is 25.2 Å². The average Bonchev–Trinajstić information content (AvgIpc) is 3.09. The molecule has 1 aliphatic rings. The predicted molar refractivity (Wildman–Crippen MR) is 120 cm³/mol. The SMILES string of the molecule is CCCCCC[C@@H](O)C/C=C\CCCCCCCC(=O)O[C@H](CO)[C@H]1OC[C@H](O)[C@H]1O. The van der Waals surface area contributed by atoms with Gasteiger partial charge in [0.1, 0.15) is 18.3 Å². The van der Waals surface area contributed by atoms with Crippen LogP contribution in [0.25, 0.3) is 0 Å². The maximum Gasteiger partial charge on any atom is 0.306 e. The molecule has 0 radical (unpaired) electrons. The Morgan fingerprint density at radius 2 is 1.77 bits per heavy atom. The molecule has 1 heterocycles. The second-order valence-electron chi connectivity index (χ2n) is 8.58. The van der Waals surface area contributed by atoms with Gasteiger partial charge in [-0.1, -0.05) is 64.0 Å². The van der Waals surface area contributed by atoms with Crippen molar-refractivity contribution in [1.82, 2.24) is 0 Å². The summed E-state index contributed by atoms with van der Waals surface area (Å²) in [6.07, 6.45) is 12.6. The minimum atomic E-state index is -1.16. The van der Waals surface area contributed by atoms with Crippen LogP contribution in [-0.2, 0) is 14.3 Å². The largest absolute Gasteiger partial charge is 0.457 e. The van der Waals surface area contributed by atoms with Crippen molar-refractivity contribution in [3.05, 3.63) is 12.2 Å². The molecule has 0 amide bonds. The first-order valence-electron chi connectivity index (χ1n) is 12.1. The third kappa shape index (κ3) is 12.6. The highest BCUT2D eigenvalue weighted by Gasteiger charge is 2.41. The summed E-state index contributed by atoms with van der Waals surface area (Å²) in [4.78, 5) is 12.0. The zero-order chi connectivity index (χ0) is 22.9. The Morgan fingerprint density at radius 3 is 2.45 bits per heavy atom. The number of esters is 1. The molecule has 0 saturated carbocycles. The van der Waals surface area contributed by atoms with Gasteiger partial charge in [0, 0.05) is 6.42 Å². The highest BCUT2D eigenvalue weighted by Crippen LogP contribution is 2.20. The number of aliphatic hydroxyl groups is 4. The Kier molecular flexibility index (Phi) is 15.9. The normalized spacial score (nSPS) is 23.3. The summed E-state index contributed by atoms with van der Waals surface area (Å²) < 4.78 is 10.4. The predicted octanol–water partition coefficient (Wildman–Crippen LogP) is 3.02. The molecular formula is C24H44O7. The van der Waals surface area contributed by atoms with Crippen LogP contribution in [0.1, 0.15) is 90.4 Å². The van der Waals surface area contributed by atoms with E-state index in [1.807, 2.05) is 0 Å². The number of carbonyl (C=O) groups excluding carboxylic acids is 1. The quantitative estimate of drug-likeness (QED) is 0.146. The van der Waals surface area contributed by atoms with E-state index in [1.165, 1.54) is 19.3 Å². The highest BCUT2D eigenvalue weighted by atomic mass is 16.6. The third-order valence-corrected chi connectivity index (χ3v) is 5.74. The molecule has 0 spiro atoms. The number of allylic oxidation sites excluding steroid dienone is 1. The van der Waals surface area contributed by atoms with E-state index in [1.54, 1.807) is 0 Å². The van der Waals surface area contributed by atoms with Gasteiger partial charge in [0.15, 0.2) is 6.10 Å². The molecule has 31 heavy (non-hydrogen) atoms. The molecule has 7 heteroatoms. The van der Waals surface area contributed by atoms with Gasteiger partial charge < -0.3 is 29.9 Å². The van der Waals surface area contributed by atoms with Crippen LogP contribution in [0.2, 0.25) is 0 Å². The van der Waals surface area contributed by atoms with Gasteiger partial charge in [-0.05, 0) is 32.1 Å². The van der Waals surface area contributed by atoms with Gasteiger partial charge >= 0.3 is 5.97 Å². The lowest BCUT2D eigenvalue weighted by atomic mass is 10.1. The minimum Gasteiger partial charge on any atom is -0.457 e. The number of hydrogen-bond acceptors (Lipinski definition) is 7. The Morgan fingerprint density at radius 1 is 1.06 bits per heavy atom. The van der Waals surface area contributed by atoms with Crippen molar-refractivity contribution in [3.63, 3.8) is 0 Å². The molecule has 0 bridgehead atoms. The fourth-order valence-corrected chi connectivity index (χ4v) is 3.75. The minimum absolute atomic E-state index is 0.0330. The topological polar surface area (TPSA) is 116 Å². The average molecular weight is 445 g/mol. The molecule has 7 nitrogen and oxygen atoms in total. The lowest BCUT2D eigenvalue weighted by Gasteiger charge is -2.24. The van der Waals surface area contributed by atoms with Crippen molar-refractivity contribution in [1.29, 1.82) is 0 Å². The van der Waals surface area contributed by atoms with Crippen LogP contribution in [0.4, 0.5) is 0 Å². The molecule has 4 N–H and O–H groups in total. The van der Waals surface area contributed by atoms with Crippen LogP contribution in [0.5, 0.6) is 0 Å². The van der Waals surface area contributed by atoms with Crippen LogP contribution in [0.3, 0.4) is 0 Å². The maximum atomic E-state index is 12.0. The molecule has 0 aromatic rings. The fraction of sp³-hybridized carbons (Fsp3) is 0.875. The molecule has 1 aliphatic heterocycles. The lowest BCUT2D eigenvalue weighted by molar-refractivity contribution is -0.162. The van der Waals surface area contributed by atoms with Gasteiger partial charge in [-0.15, -0.1) is 0 Å². The summed E-state index contributed by atoms with van der Waals surface area (Å²) in [6, 6.07) is 0. The van der Waals surface area contributed by atoms with Gasteiger partial charge in [-0.25, -0.2) is 0 Å². The second kappa shape index (κ2) is 17.6. The molecule has 0 aromatic carbocycles. The zero-order valence-electron chi connectivity index (χ0n) is 19.2. The van der Waals surface area contributed by atoms with E-state index in [0.29, 0.717) is 6.42 Å². The van der Waals surface area contributed by atoms with Crippen molar-refractivity contribution in [2.75, 3.05) is 13.2 Å². The molecule has 0 aromatic heterocycles. The first-order chi connectivity index (χ1) is 15.0. The molecule has 0 aliphatic carbocycles. The van der Waals surface area contributed by atoms with E-state index in [4.69, 9.17) is 9.47 Å². The van der Waals surface area contributed by atoms with Crippen LogP contribution in [0.15, 0.2) is 12.2 Å². The van der Waals surface area contributed by atoms with Gasteiger partial charge in [0.05, 0.1) is 19.3 Å². The zero-order valence-corrected chi connectivity index (χ0v) is 19.2. The first-order valence-corrected chi connectivity index (χ1v) is 12.1. The summed E-state index contributed by atoms with van der Waals surface area (Å²) in [5.41, 5.74) is 0. The summed E-state index contributed by atoms with van der Waals surface area (Å²) in [7, 11) is 0. The smallest absolute Gasteiger partial charge is 0.306 e. The van der Waals surface area contributed by atoms with E-state index in [-0.39, 0.29) is 19.1 Å². The number of unbranched alkanes of at least 4 members (excludes halogenated alkanes) is 8. The number of hydrogen-bond donors (Lipinski definition) is 4. The van der Waals surface area contributed by atoms with E-state index in [0.717, 1.165) is 51.4 Å². The van der Waals surface area contributed by atoms with Gasteiger partial charge in [-0.3, -0.25) is 4.79 Å². The second-order valence-corrected chi connectivity index (χ2v) is 8.58. The van der Waals surface area contributed by atoms with E-state index < -0.39 is 37.0 Å². The molecule has 1 saturated heterocycles. The summed E-state index contributed by atoms with van der Waals surface area (Å²) >= 11 is 0. The highest BCUT2D eigenvalue weighted by molar-refractivity contribution is 5.69. The maximum absolute atomic E-state index is 12.0. The summed E-state index contributed by atoms with van der Waals surface area (Å²) in [5, 5.41) is 38.6. The van der Waals surface area contributed by atoms with Crippen molar-refractivity contribution < 1.29 is 34.7 Å². The third-order valence-electron chi connectivity index (χ3n) is 5.74. The Hall–Kier alpha value is -0.990. The fourth-order valence-electron chi connectivity index (χ4n) is 3.75.